The molecule has 0 saturated heterocycles. The predicted octanol–water partition coefficient (Wildman–Crippen LogP) is 16.5. The van der Waals surface area contributed by atoms with E-state index in [0.29, 0.717) is 17.4 Å². The molecule has 0 aromatic rings. The second-order valence-electron chi connectivity index (χ2n) is 20.5. The first-order chi connectivity index (χ1) is 33.4. The van der Waals surface area contributed by atoms with E-state index in [-0.39, 0.29) is 24.9 Å². The van der Waals surface area contributed by atoms with Crippen molar-refractivity contribution in [2.75, 3.05) is 40.9 Å². The Labute approximate surface area is 426 Å². The first kappa shape index (κ1) is 66.7. The fraction of sp³-hybridized carbons (Fsp3) is 0.797. The number of esters is 1. The summed E-state index contributed by atoms with van der Waals surface area (Å²) in [5.74, 6) is -0.559. The number of nitrogens with one attached hydrogen (secondary N) is 1. The zero-order valence-corrected chi connectivity index (χ0v) is 46.7. The van der Waals surface area contributed by atoms with E-state index < -0.39 is 26.6 Å². The summed E-state index contributed by atoms with van der Waals surface area (Å²) in [5, 5.41) is 3.02. The zero-order chi connectivity index (χ0) is 50.8. The van der Waals surface area contributed by atoms with E-state index in [9.17, 15) is 19.0 Å². The summed E-state index contributed by atoms with van der Waals surface area (Å²) in [5.41, 5.74) is 0. The lowest BCUT2D eigenvalue weighted by atomic mass is 10.0. The van der Waals surface area contributed by atoms with Gasteiger partial charge in [-0.1, -0.05) is 223 Å². The van der Waals surface area contributed by atoms with Gasteiger partial charge in [-0.15, -0.1) is 0 Å². The highest BCUT2D eigenvalue weighted by Gasteiger charge is 2.27. The van der Waals surface area contributed by atoms with Crippen molar-refractivity contribution >= 4 is 19.7 Å². The number of quaternary nitrogens is 1. The number of likely N-dealkylation sites (N-methyl/N-ethyl adjacent to an activating group) is 1. The lowest BCUT2D eigenvalue weighted by Gasteiger charge is -2.30. The number of hydrogen-bond acceptors (Lipinski definition) is 7. The molecule has 3 unspecified atom stereocenters. The minimum absolute atomic E-state index is 0.0264. The summed E-state index contributed by atoms with van der Waals surface area (Å²) < 4.78 is 30.2. The van der Waals surface area contributed by atoms with Crippen molar-refractivity contribution in [1.29, 1.82) is 0 Å². The Morgan fingerprint density at radius 2 is 0.942 bits per heavy atom. The van der Waals surface area contributed by atoms with E-state index >= 15 is 0 Å². The standard InChI is InChI=1S/C59H109N2O7P/c1-7-10-13-16-19-22-25-28-30-33-36-39-42-45-48-51-58(62)60-56(55-67-69(64,65)66-54-53-61(4,5)6)57(50-47-44-41-38-35-32-27-24-21-18-15-12-9-3)68-59(63)52-49-46-43-40-37-34-31-29-26-23-20-17-14-11-8-2/h11,14,17,20,22-23,25-26,47,50,56-57H,7-10,12-13,15-16,18-19,21,24,27-46,48-49,51-55H2,1-6H3,(H-,60,62,64,65)/b14-11+,20-17+,25-22-,26-23+,50-47+. The van der Waals surface area contributed by atoms with Crippen LogP contribution in [-0.4, -0.2) is 69.4 Å². The molecule has 0 saturated carbocycles. The number of hydrogen-bond donors (Lipinski definition) is 1. The molecule has 0 aliphatic heterocycles. The van der Waals surface area contributed by atoms with Gasteiger partial charge in [0.1, 0.15) is 19.3 Å². The largest absolute Gasteiger partial charge is 0.756 e. The molecule has 1 N–H and O–H groups in total. The van der Waals surface area contributed by atoms with Crippen LogP contribution in [0.5, 0.6) is 0 Å². The lowest BCUT2D eigenvalue weighted by Crippen LogP contribution is -2.47. The van der Waals surface area contributed by atoms with Crippen molar-refractivity contribution < 1.29 is 37.3 Å². The molecule has 0 fully saturated rings. The van der Waals surface area contributed by atoms with Gasteiger partial charge in [-0.25, -0.2) is 0 Å². The van der Waals surface area contributed by atoms with Crippen LogP contribution >= 0.6 is 7.82 Å². The average molecular weight is 990 g/mol. The fourth-order valence-electron chi connectivity index (χ4n) is 8.05. The molecule has 0 spiro atoms. The molecule has 0 aromatic heterocycles. The second-order valence-corrected chi connectivity index (χ2v) is 21.9. The number of rotatable bonds is 51. The highest BCUT2D eigenvalue weighted by Crippen LogP contribution is 2.38. The smallest absolute Gasteiger partial charge is 0.306 e. The first-order valence-electron chi connectivity index (χ1n) is 28.6. The van der Waals surface area contributed by atoms with Crippen LogP contribution in [0.3, 0.4) is 0 Å². The Balaban J connectivity index is 5.40. The third kappa shape index (κ3) is 50.4. The van der Waals surface area contributed by atoms with Crippen LogP contribution in [-0.2, 0) is 27.9 Å². The van der Waals surface area contributed by atoms with Crippen molar-refractivity contribution in [2.24, 2.45) is 0 Å². The van der Waals surface area contributed by atoms with E-state index in [2.05, 4.69) is 74.7 Å². The van der Waals surface area contributed by atoms with Crippen LogP contribution in [0.4, 0.5) is 0 Å². The number of carbonyl (C=O) groups excluding carboxylic acids is 2. The van der Waals surface area contributed by atoms with Crippen molar-refractivity contribution in [3.05, 3.63) is 60.8 Å². The van der Waals surface area contributed by atoms with E-state index in [1.54, 1.807) is 0 Å². The van der Waals surface area contributed by atoms with Crippen LogP contribution in [0.2, 0.25) is 0 Å². The Kier molecular flexibility index (Phi) is 47.7. The molecule has 0 aliphatic carbocycles. The molecular weight excluding hydrogens is 880 g/mol. The third-order valence-electron chi connectivity index (χ3n) is 12.5. The monoisotopic (exact) mass is 989 g/mol. The molecule has 0 bridgehead atoms. The number of phosphoric acid groups is 1. The van der Waals surface area contributed by atoms with Crippen molar-refractivity contribution in [2.45, 2.75) is 264 Å². The number of allylic oxidation sites excluding steroid dienone is 9. The summed E-state index contributed by atoms with van der Waals surface area (Å²) in [6.07, 6.45) is 60.3. The quantitative estimate of drug-likeness (QED) is 0.0161. The van der Waals surface area contributed by atoms with E-state index in [1.807, 2.05) is 33.3 Å². The molecule has 0 aliphatic rings. The van der Waals surface area contributed by atoms with Crippen molar-refractivity contribution in [3.8, 4) is 0 Å². The summed E-state index contributed by atoms with van der Waals surface area (Å²) in [6, 6.07) is -0.895. The van der Waals surface area contributed by atoms with Gasteiger partial charge >= 0.3 is 5.97 Å². The number of unbranched alkanes of at least 4 members (excludes halogenated alkanes) is 29. The van der Waals surface area contributed by atoms with Gasteiger partial charge in [0.25, 0.3) is 7.82 Å². The minimum Gasteiger partial charge on any atom is -0.756 e. The first-order valence-corrected chi connectivity index (χ1v) is 30.1. The maximum Gasteiger partial charge on any atom is 0.306 e. The maximum atomic E-state index is 13.5. The normalized spacial score (nSPS) is 14.2. The molecule has 69 heavy (non-hydrogen) atoms. The Bertz CT molecular complexity index is 1370. The van der Waals surface area contributed by atoms with Crippen LogP contribution < -0.4 is 10.2 Å². The van der Waals surface area contributed by atoms with Gasteiger partial charge in [0.15, 0.2) is 0 Å². The maximum absolute atomic E-state index is 13.5. The molecule has 402 valence electrons. The fourth-order valence-corrected chi connectivity index (χ4v) is 8.77. The molecule has 0 heterocycles. The van der Waals surface area contributed by atoms with Gasteiger partial charge in [0.2, 0.25) is 5.91 Å². The number of ether oxygens (including phenoxy) is 1. The predicted molar refractivity (Wildman–Crippen MR) is 293 cm³/mol. The number of amides is 1. The van der Waals surface area contributed by atoms with Gasteiger partial charge in [-0.3, -0.25) is 14.2 Å². The van der Waals surface area contributed by atoms with Crippen molar-refractivity contribution in [3.63, 3.8) is 0 Å². The van der Waals surface area contributed by atoms with Gasteiger partial charge < -0.3 is 28.5 Å². The minimum atomic E-state index is -4.70. The molecule has 0 aromatic carbocycles. The SMILES string of the molecule is CC/C=C/C=C/C=C/CCCCCCCCCC(=O)OC(/C=C/CCCCCCCCCCCCC)C(COP(=O)([O-])OCC[N+](C)(C)C)NC(=O)CCCCCCCCC/C=C\CCCCCC. The highest BCUT2D eigenvalue weighted by atomic mass is 31.2. The summed E-state index contributed by atoms with van der Waals surface area (Å²) in [4.78, 5) is 39.8. The van der Waals surface area contributed by atoms with E-state index in [1.165, 1.54) is 128 Å². The van der Waals surface area contributed by atoms with Crippen LogP contribution in [0, 0.1) is 0 Å². The summed E-state index contributed by atoms with van der Waals surface area (Å²) in [7, 11) is 1.17. The van der Waals surface area contributed by atoms with Crippen LogP contribution in [0.15, 0.2) is 60.8 Å². The highest BCUT2D eigenvalue weighted by molar-refractivity contribution is 7.45. The molecule has 0 rings (SSSR count). The molecule has 1 amide bonds. The van der Waals surface area contributed by atoms with Gasteiger partial charge in [0.05, 0.1) is 33.8 Å². The molecule has 9 nitrogen and oxygen atoms in total. The summed E-state index contributed by atoms with van der Waals surface area (Å²) >= 11 is 0. The van der Waals surface area contributed by atoms with Crippen LogP contribution in [0.25, 0.3) is 0 Å². The number of nitrogens with zero attached hydrogens (tertiary/aromatic N) is 1. The van der Waals surface area contributed by atoms with Crippen LogP contribution in [0.1, 0.15) is 252 Å². The Morgan fingerprint density at radius 1 is 0.522 bits per heavy atom. The average Bonchev–Trinajstić information content (AvgIpc) is 3.31. The van der Waals surface area contributed by atoms with E-state index in [0.717, 1.165) is 89.9 Å². The Morgan fingerprint density at radius 3 is 1.43 bits per heavy atom. The van der Waals surface area contributed by atoms with E-state index in [4.69, 9.17) is 13.8 Å². The molecule has 0 radical (unpaired) electrons. The second kappa shape index (κ2) is 49.3. The molecule has 3 atom stereocenters. The molecular formula is C59H109N2O7P. The molecule has 10 heteroatoms. The van der Waals surface area contributed by atoms with Crippen molar-refractivity contribution in [1.82, 2.24) is 5.32 Å². The summed E-state index contributed by atoms with van der Waals surface area (Å²) in [6.45, 7) is 6.69. The van der Waals surface area contributed by atoms with Gasteiger partial charge in [-0.2, -0.15) is 0 Å². The third-order valence-corrected chi connectivity index (χ3v) is 13.5. The topological polar surface area (TPSA) is 114 Å². The Hall–Kier alpha value is -2.29. The number of phosphoric ester groups is 1. The van der Waals surface area contributed by atoms with Gasteiger partial charge in [0, 0.05) is 12.8 Å². The van der Waals surface area contributed by atoms with Gasteiger partial charge in [-0.05, 0) is 76.7 Å². The zero-order valence-electron chi connectivity index (χ0n) is 45.8. The number of carbonyl (C=O) groups is 2. The lowest BCUT2D eigenvalue weighted by molar-refractivity contribution is -0.870.